The molecule has 2 saturated heterocycles. The molecule has 1 atom stereocenters. The van der Waals surface area contributed by atoms with E-state index in [4.69, 9.17) is 4.98 Å². The second kappa shape index (κ2) is 10.3. The summed E-state index contributed by atoms with van der Waals surface area (Å²) in [7, 11) is -2.07. The number of aryl methyl sites for hydroxylation is 1. The van der Waals surface area contributed by atoms with E-state index in [1.54, 1.807) is 31.5 Å². The fourth-order valence-corrected chi connectivity index (χ4v) is 6.17. The van der Waals surface area contributed by atoms with Gasteiger partial charge in [0, 0.05) is 43.8 Å². The minimum absolute atomic E-state index is 0.00391. The number of urea groups is 1. The zero-order chi connectivity index (χ0) is 30.5. The molecule has 0 saturated carbocycles. The highest BCUT2D eigenvalue weighted by molar-refractivity contribution is 7.90. The van der Waals surface area contributed by atoms with Gasteiger partial charge in [0.1, 0.15) is 5.54 Å². The van der Waals surface area contributed by atoms with Crippen LogP contribution in [0.4, 0.5) is 10.7 Å². The van der Waals surface area contributed by atoms with Crippen LogP contribution in [-0.2, 0) is 21.2 Å². The molecule has 2 N–H and O–H groups in total. The van der Waals surface area contributed by atoms with E-state index in [1.807, 2.05) is 17.0 Å². The van der Waals surface area contributed by atoms with E-state index in [0.29, 0.717) is 47.2 Å². The van der Waals surface area contributed by atoms with Crippen molar-refractivity contribution in [2.24, 2.45) is 0 Å². The van der Waals surface area contributed by atoms with Crippen LogP contribution in [0, 0.1) is 6.92 Å². The van der Waals surface area contributed by atoms with Crippen LogP contribution in [0.15, 0.2) is 53.8 Å². The lowest BCUT2D eigenvalue weighted by molar-refractivity contribution is -0.129. The second-order valence-electron chi connectivity index (χ2n) is 10.6. The summed E-state index contributed by atoms with van der Waals surface area (Å²) in [5.41, 5.74) is 1.83. The third-order valence-electron chi connectivity index (χ3n) is 7.58. The Morgan fingerprint density at radius 3 is 2.60 bits per heavy atom. The SMILES string of the molecule is Cc1ncc(C(=O)NCc2cc3nc(-c4ccnc(N5CCC6(C5)NC(=O)N(C)C6=O)n4)ccc3cn2)cc1S(C)(=O)=O. The van der Waals surface area contributed by atoms with Crippen molar-refractivity contribution in [3.63, 3.8) is 0 Å². The molecule has 0 bridgehead atoms. The van der Waals surface area contributed by atoms with Crippen LogP contribution in [0.1, 0.15) is 28.2 Å². The molecular weight excluding hydrogens is 574 g/mol. The maximum Gasteiger partial charge on any atom is 0.324 e. The van der Waals surface area contributed by atoms with Crippen molar-refractivity contribution < 1.29 is 22.8 Å². The van der Waals surface area contributed by atoms with Gasteiger partial charge in [-0.25, -0.2) is 28.2 Å². The average Bonchev–Trinajstić information content (AvgIpc) is 3.51. The van der Waals surface area contributed by atoms with Gasteiger partial charge >= 0.3 is 6.03 Å². The summed E-state index contributed by atoms with van der Waals surface area (Å²) < 4.78 is 24.0. The lowest BCUT2D eigenvalue weighted by Gasteiger charge is -2.21. The van der Waals surface area contributed by atoms with E-state index < -0.39 is 27.3 Å². The monoisotopic (exact) mass is 601 g/mol. The molecule has 43 heavy (non-hydrogen) atoms. The summed E-state index contributed by atoms with van der Waals surface area (Å²) in [5, 5.41) is 6.34. The van der Waals surface area contributed by atoms with Crippen LogP contribution in [-0.4, -0.2) is 88.0 Å². The van der Waals surface area contributed by atoms with E-state index in [2.05, 4.69) is 30.6 Å². The van der Waals surface area contributed by atoms with Gasteiger partial charge in [0.15, 0.2) is 9.84 Å². The van der Waals surface area contributed by atoms with Gasteiger partial charge in [-0.3, -0.25) is 24.5 Å². The smallest absolute Gasteiger partial charge is 0.324 e. The Balaban J connectivity index is 1.19. The summed E-state index contributed by atoms with van der Waals surface area (Å²) >= 11 is 0. The van der Waals surface area contributed by atoms with Gasteiger partial charge in [0.25, 0.3) is 11.8 Å². The van der Waals surface area contributed by atoms with Gasteiger partial charge < -0.3 is 15.5 Å². The standard InChI is InChI=1S/C28H27N9O5S/c1-16-23(43(3,41)42)10-18(13-30-16)24(38)32-14-19-11-22-17(12-31-19)4-5-20(33-22)21-6-8-29-26(34-21)37-9-7-28(15-37)25(39)36(2)27(40)35-28/h4-6,8,10-13H,7,9,14-15H2,1-3H3,(H,32,38)(H,35,40). The first kappa shape index (κ1) is 28.1. The number of aromatic nitrogens is 5. The number of nitrogens with zero attached hydrogens (tertiary/aromatic N) is 7. The molecule has 6 heterocycles. The highest BCUT2D eigenvalue weighted by Crippen LogP contribution is 2.30. The number of carbonyl (C=O) groups excluding carboxylic acids is 3. The fourth-order valence-electron chi connectivity index (χ4n) is 5.24. The van der Waals surface area contributed by atoms with Gasteiger partial charge in [-0.15, -0.1) is 0 Å². The van der Waals surface area contributed by atoms with E-state index in [9.17, 15) is 22.8 Å². The summed E-state index contributed by atoms with van der Waals surface area (Å²) in [6.45, 7) is 2.43. The second-order valence-corrected chi connectivity index (χ2v) is 12.6. The quantitative estimate of drug-likeness (QED) is 0.304. The average molecular weight is 602 g/mol. The number of fused-ring (bicyclic) bond motifs is 1. The van der Waals surface area contributed by atoms with E-state index in [-0.39, 0.29) is 29.5 Å². The number of pyridine rings is 3. The third kappa shape index (κ3) is 5.22. The van der Waals surface area contributed by atoms with Crippen LogP contribution in [0.2, 0.25) is 0 Å². The van der Waals surface area contributed by atoms with Crippen molar-refractivity contribution in [3.8, 4) is 11.4 Å². The van der Waals surface area contributed by atoms with Crippen molar-refractivity contribution in [1.29, 1.82) is 0 Å². The van der Waals surface area contributed by atoms with Crippen molar-refractivity contribution >= 4 is 44.5 Å². The number of hydrogen-bond acceptors (Lipinski definition) is 11. The molecular formula is C28H27N9O5S. The lowest BCUT2D eigenvalue weighted by Crippen LogP contribution is -2.49. The molecule has 14 nitrogen and oxygen atoms in total. The Morgan fingerprint density at radius 1 is 1.07 bits per heavy atom. The maximum absolute atomic E-state index is 12.7. The Morgan fingerprint density at radius 2 is 1.86 bits per heavy atom. The minimum Gasteiger partial charge on any atom is -0.346 e. The van der Waals surface area contributed by atoms with E-state index >= 15 is 0 Å². The number of imide groups is 1. The number of amides is 4. The zero-order valence-electron chi connectivity index (χ0n) is 23.5. The Kier molecular flexibility index (Phi) is 6.76. The largest absolute Gasteiger partial charge is 0.346 e. The topological polar surface area (TPSA) is 180 Å². The van der Waals surface area contributed by atoms with Crippen molar-refractivity contribution in [2.75, 3.05) is 31.3 Å². The third-order valence-corrected chi connectivity index (χ3v) is 8.80. The first-order valence-corrected chi connectivity index (χ1v) is 15.2. The molecule has 0 aromatic carbocycles. The minimum atomic E-state index is -3.53. The number of sulfone groups is 1. The van der Waals surface area contributed by atoms with Gasteiger partial charge in [0.05, 0.1) is 51.8 Å². The highest BCUT2D eigenvalue weighted by atomic mass is 32.2. The molecule has 2 aliphatic heterocycles. The number of carbonyl (C=O) groups is 3. The number of likely N-dealkylation sites (N-methyl/N-ethyl adjacent to an activating group) is 1. The lowest BCUT2D eigenvalue weighted by atomic mass is 9.99. The number of hydrogen-bond donors (Lipinski definition) is 2. The maximum atomic E-state index is 12.7. The van der Waals surface area contributed by atoms with Gasteiger partial charge in [0.2, 0.25) is 5.95 Å². The molecule has 6 rings (SSSR count). The number of anilines is 1. The predicted molar refractivity (Wildman–Crippen MR) is 155 cm³/mol. The summed E-state index contributed by atoms with van der Waals surface area (Å²) in [4.78, 5) is 62.7. The molecule has 0 radical (unpaired) electrons. The normalized spacial score (nSPS) is 18.5. The van der Waals surface area contributed by atoms with Crippen LogP contribution in [0.25, 0.3) is 22.3 Å². The Labute approximate surface area is 246 Å². The summed E-state index contributed by atoms with van der Waals surface area (Å²) in [6, 6.07) is 8.08. The van der Waals surface area contributed by atoms with Crippen LogP contribution < -0.4 is 15.5 Å². The van der Waals surface area contributed by atoms with Gasteiger partial charge in [-0.2, -0.15) is 0 Å². The Bertz CT molecular complexity index is 1930. The molecule has 2 fully saturated rings. The van der Waals surface area contributed by atoms with E-state index in [0.717, 1.165) is 16.5 Å². The molecule has 2 aliphatic rings. The molecule has 220 valence electrons. The first-order valence-electron chi connectivity index (χ1n) is 13.3. The molecule has 15 heteroatoms. The molecule has 4 aromatic heterocycles. The molecule has 1 unspecified atom stereocenters. The highest BCUT2D eigenvalue weighted by Gasteiger charge is 2.54. The number of rotatable bonds is 6. The van der Waals surface area contributed by atoms with Gasteiger partial charge in [-0.05, 0) is 43.7 Å². The van der Waals surface area contributed by atoms with Crippen molar-refractivity contribution in [2.45, 2.75) is 30.3 Å². The van der Waals surface area contributed by atoms with Crippen LogP contribution >= 0.6 is 0 Å². The molecule has 4 amide bonds. The van der Waals surface area contributed by atoms with Crippen LogP contribution in [0.3, 0.4) is 0 Å². The molecule has 1 spiro atoms. The Hall–Kier alpha value is -5.05. The van der Waals surface area contributed by atoms with Crippen LogP contribution in [0.5, 0.6) is 0 Å². The summed E-state index contributed by atoms with van der Waals surface area (Å²) in [5.74, 6) is -0.318. The molecule has 4 aromatic rings. The fraction of sp³-hybridized carbons (Fsp3) is 0.286. The van der Waals surface area contributed by atoms with Crippen molar-refractivity contribution in [1.82, 2.24) is 40.5 Å². The predicted octanol–water partition coefficient (Wildman–Crippen LogP) is 1.25. The van der Waals surface area contributed by atoms with Gasteiger partial charge in [-0.1, -0.05) is 0 Å². The molecule has 0 aliphatic carbocycles. The van der Waals surface area contributed by atoms with E-state index in [1.165, 1.54) is 19.3 Å². The number of nitrogens with one attached hydrogen (secondary N) is 2. The van der Waals surface area contributed by atoms with Crippen molar-refractivity contribution in [3.05, 3.63) is 65.9 Å². The summed E-state index contributed by atoms with van der Waals surface area (Å²) in [6.07, 6.45) is 6.13. The zero-order valence-corrected chi connectivity index (χ0v) is 24.3. The first-order chi connectivity index (χ1) is 20.4.